The second-order valence-electron chi connectivity index (χ2n) is 5.18. The highest BCUT2D eigenvalue weighted by atomic mass is 32.2. The smallest absolute Gasteiger partial charge is 0.241 e. The lowest BCUT2D eigenvalue weighted by atomic mass is 9.85. The van der Waals surface area contributed by atoms with Crippen LogP contribution in [-0.4, -0.2) is 19.4 Å². The molecule has 106 valence electrons. The SMILES string of the molecule is CCC1CCCC(NS(=O)(=O)c2ccnc(N)c2)C1. The van der Waals surface area contributed by atoms with E-state index in [9.17, 15) is 8.42 Å². The summed E-state index contributed by atoms with van der Waals surface area (Å²) in [6.45, 7) is 2.16. The van der Waals surface area contributed by atoms with Gasteiger partial charge in [-0.25, -0.2) is 18.1 Å². The molecule has 1 aromatic heterocycles. The van der Waals surface area contributed by atoms with Crippen LogP contribution in [0, 0.1) is 5.92 Å². The van der Waals surface area contributed by atoms with Crippen molar-refractivity contribution in [1.29, 1.82) is 0 Å². The van der Waals surface area contributed by atoms with Gasteiger partial charge in [-0.1, -0.05) is 26.2 Å². The summed E-state index contributed by atoms with van der Waals surface area (Å²) in [6.07, 6.45) is 6.66. The maximum absolute atomic E-state index is 12.3. The molecule has 1 fully saturated rings. The predicted octanol–water partition coefficient (Wildman–Crippen LogP) is 1.91. The lowest BCUT2D eigenvalue weighted by molar-refractivity contribution is 0.301. The molecule has 0 amide bonds. The molecule has 3 N–H and O–H groups in total. The number of nitrogens with two attached hydrogens (primary N) is 1. The van der Waals surface area contributed by atoms with Crippen LogP contribution in [0.5, 0.6) is 0 Å². The Kier molecular flexibility index (Phi) is 4.42. The zero-order valence-corrected chi connectivity index (χ0v) is 12.0. The van der Waals surface area contributed by atoms with E-state index in [0.717, 1.165) is 25.7 Å². The van der Waals surface area contributed by atoms with Crippen molar-refractivity contribution in [2.75, 3.05) is 5.73 Å². The molecule has 0 bridgehead atoms. The van der Waals surface area contributed by atoms with Crippen molar-refractivity contribution in [1.82, 2.24) is 9.71 Å². The normalized spacial score (nSPS) is 24.3. The Morgan fingerprint density at radius 2 is 2.26 bits per heavy atom. The van der Waals surface area contributed by atoms with Crippen molar-refractivity contribution in [3.05, 3.63) is 18.3 Å². The van der Waals surface area contributed by atoms with Crippen molar-refractivity contribution < 1.29 is 8.42 Å². The van der Waals surface area contributed by atoms with Gasteiger partial charge in [0, 0.05) is 18.3 Å². The number of hydrogen-bond donors (Lipinski definition) is 2. The van der Waals surface area contributed by atoms with E-state index < -0.39 is 10.0 Å². The fourth-order valence-corrected chi connectivity index (χ4v) is 3.96. The molecule has 1 aliphatic rings. The van der Waals surface area contributed by atoms with Crippen LogP contribution >= 0.6 is 0 Å². The van der Waals surface area contributed by atoms with Gasteiger partial charge < -0.3 is 5.73 Å². The first-order valence-electron chi connectivity index (χ1n) is 6.75. The van der Waals surface area contributed by atoms with Gasteiger partial charge >= 0.3 is 0 Å². The van der Waals surface area contributed by atoms with E-state index in [2.05, 4.69) is 16.6 Å². The zero-order valence-electron chi connectivity index (χ0n) is 11.2. The summed E-state index contributed by atoms with van der Waals surface area (Å²) in [6, 6.07) is 2.90. The van der Waals surface area contributed by atoms with Crippen LogP contribution in [0.4, 0.5) is 5.82 Å². The van der Waals surface area contributed by atoms with Crippen molar-refractivity contribution in [3.63, 3.8) is 0 Å². The molecule has 1 saturated carbocycles. The molecule has 6 heteroatoms. The molecule has 0 aromatic carbocycles. The Morgan fingerprint density at radius 1 is 1.47 bits per heavy atom. The molecule has 0 spiro atoms. The van der Waals surface area contributed by atoms with Crippen LogP contribution < -0.4 is 10.5 Å². The summed E-state index contributed by atoms with van der Waals surface area (Å²) in [5.41, 5.74) is 5.53. The topological polar surface area (TPSA) is 85.1 Å². The quantitative estimate of drug-likeness (QED) is 0.884. The Hall–Kier alpha value is -1.14. The molecule has 1 aliphatic carbocycles. The highest BCUT2D eigenvalue weighted by molar-refractivity contribution is 7.89. The highest BCUT2D eigenvalue weighted by Gasteiger charge is 2.25. The zero-order chi connectivity index (χ0) is 13.9. The Morgan fingerprint density at radius 3 is 2.95 bits per heavy atom. The third-order valence-corrected chi connectivity index (χ3v) is 5.26. The van der Waals surface area contributed by atoms with Crippen LogP contribution in [0.15, 0.2) is 23.2 Å². The summed E-state index contributed by atoms with van der Waals surface area (Å²) in [5.74, 6) is 0.849. The first-order valence-corrected chi connectivity index (χ1v) is 8.23. The summed E-state index contributed by atoms with van der Waals surface area (Å²) < 4.78 is 27.3. The summed E-state index contributed by atoms with van der Waals surface area (Å²) in [5, 5.41) is 0. The summed E-state index contributed by atoms with van der Waals surface area (Å²) >= 11 is 0. The third-order valence-electron chi connectivity index (χ3n) is 3.74. The average Bonchev–Trinajstić information content (AvgIpc) is 2.38. The van der Waals surface area contributed by atoms with Gasteiger partial charge in [0.05, 0.1) is 4.90 Å². The van der Waals surface area contributed by atoms with E-state index in [-0.39, 0.29) is 16.8 Å². The van der Waals surface area contributed by atoms with Crippen molar-refractivity contribution >= 4 is 15.8 Å². The van der Waals surface area contributed by atoms with Gasteiger partial charge in [0.25, 0.3) is 0 Å². The molecule has 19 heavy (non-hydrogen) atoms. The highest BCUT2D eigenvalue weighted by Crippen LogP contribution is 2.27. The van der Waals surface area contributed by atoms with Gasteiger partial charge in [0.2, 0.25) is 10.0 Å². The van der Waals surface area contributed by atoms with Crippen molar-refractivity contribution in [2.45, 2.75) is 50.0 Å². The number of rotatable bonds is 4. The molecule has 5 nitrogen and oxygen atoms in total. The number of hydrogen-bond acceptors (Lipinski definition) is 4. The van der Waals surface area contributed by atoms with E-state index in [0.29, 0.717) is 5.92 Å². The minimum Gasteiger partial charge on any atom is -0.384 e. The van der Waals surface area contributed by atoms with Crippen LogP contribution in [0.1, 0.15) is 39.0 Å². The Labute approximate surface area is 114 Å². The standard InChI is InChI=1S/C13H21N3O2S/c1-2-10-4-3-5-11(8-10)16-19(17,18)12-6-7-15-13(14)9-12/h6-7,9-11,16H,2-5,8H2,1H3,(H2,14,15). The van der Waals surface area contributed by atoms with E-state index in [1.165, 1.54) is 24.8 Å². The molecule has 2 atom stereocenters. The number of nitrogen functional groups attached to an aromatic ring is 1. The molecule has 1 heterocycles. The molecular formula is C13H21N3O2S. The number of pyridine rings is 1. The number of nitrogens with one attached hydrogen (secondary N) is 1. The molecule has 2 rings (SSSR count). The maximum Gasteiger partial charge on any atom is 0.241 e. The fourth-order valence-electron chi connectivity index (χ4n) is 2.65. The third kappa shape index (κ3) is 3.67. The van der Waals surface area contributed by atoms with Gasteiger partial charge in [-0.15, -0.1) is 0 Å². The fraction of sp³-hybridized carbons (Fsp3) is 0.615. The summed E-state index contributed by atoms with van der Waals surface area (Å²) in [4.78, 5) is 4.00. The first kappa shape index (κ1) is 14.3. The van der Waals surface area contributed by atoms with E-state index >= 15 is 0 Å². The molecule has 0 saturated heterocycles. The second-order valence-corrected chi connectivity index (χ2v) is 6.89. The monoisotopic (exact) mass is 283 g/mol. The molecular weight excluding hydrogens is 262 g/mol. The molecule has 2 unspecified atom stereocenters. The molecule has 1 aromatic rings. The number of nitrogens with zero attached hydrogens (tertiary/aromatic N) is 1. The molecule has 0 aliphatic heterocycles. The minimum absolute atomic E-state index is 0.0399. The van der Waals surface area contributed by atoms with Crippen LogP contribution in [0.3, 0.4) is 0 Å². The van der Waals surface area contributed by atoms with Crippen LogP contribution in [-0.2, 0) is 10.0 Å². The minimum atomic E-state index is -3.48. The van der Waals surface area contributed by atoms with Crippen molar-refractivity contribution in [2.24, 2.45) is 5.92 Å². The lowest BCUT2D eigenvalue weighted by Crippen LogP contribution is -2.38. The number of anilines is 1. The van der Waals surface area contributed by atoms with Crippen LogP contribution in [0.2, 0.25) is 0 Å². The van der Waals surface area contributed by atoms with E-state index in [4.69, 9.17) is 5.73 Å². The van der Waals surface area contributed by atoms with E-state index in [1.54, 1.807) is 0 Å². The van der Waals surface area contributed by atoms with Crippen LogP contribution in [0.25, 0.3) is 0 Å². The Balaban J connectivity index is 2.09. The predicted molar refractivity (Wildman–Crippen MR) is 75.0 cm³/mol. The summed E-state index contributed by atoms with van der Waals surface area (Å²) in [7, 11) is -3.48. The van der Waals surface area contributed by atoms with Gasteiger partial charge in [-0.3, -0.25) is 0 Å². The van der Waals surface area contributed by atoms with Gasteiger partial charge in [-0.05, 0) is 24.8 Å². The number of sulfonamides is 1. The molecule has 0 radical (unpaired) electrons. The lowest BCUT2D eigenvalue weighted by Gasteiger charge is -2.28. The second kappa shape index (κ2) is 5.88. The Bertz CT molecular complexity index is 530. The number of aromatic nitrogens is 1. The van der Waals surface area contributed by atoms with Crippen molar-refractivity contribution in [3.8, 4) is 0 Å². The van der Waals surface area contributed by atoms with E-state index in [1.807, 2.05) is 0 Å². The maximum atomic E-state index is 12.3. The van der Waals surface area contributed by atoms with Gasteiger partial charge in [0.15, 0.2) is 0 Å². The van der Waals surface area contributed by atoms with Gasteiger partial charge in [0.1, 0.15) is 5.82 Å². The first-order chi connectivity index (χ1) is 9.01. The van der Waals surface area contributed by atoms with Gasteiger partial charge in [-0.2, -0.15) is 0 Å². The largest absolute Gasteiger partial charge is 0.384 e. The average molecular weight is 283 g/mol.